The first kappa shape index (κ1) is 43.7. The monoisotopic (exact) mass is 766 g/mol. The van der Waals surface area contributed by atoms with Crippen LogP contribution >= 0.6 is 11.8 Å². The molecule has 1 aliphatic carbocycles. The van der Waals surface area contributed by atoms with Crippen LogP contribution in [0.1, 0.15) is 68.5 Å². The summed E-state index contributed by atoms with van der Waals surface area (Å²) in [6.07, 6.45) is 0.553. The molecule has 3 N–H and O–H groups in total. The molecule has 0 atom stereocenters. The average molecular weight is 767 g/mol. The molecule has 0 unspecified atom stereocenters. The Morgan fingerprint density at radius 2 is 1.57 bits per heavy atom. The summed E-state index contributed by atoms with van der Waals surface area (Å²) in [5.41, 5.74) is 9.30. The third kappa shape index (κ3) is 11.9. The Labute approximate surface area is 319 Å². The molecule has 1 heterocycles. The fraction of sp³-hybridized carbons (Fsp3) is 0.366. The minimum Gasteiger partial charge on any atom is -0.351 e. The fourth-order valence-electron chi connectivity index (χ4n) is 5.93. The van der Waals surface area contributed by atoms with Gasteiger partial charge in [-0.15, -0.1) is 0 Å². The first-order valence-corrected chi connectivity index (χ1v) is 19.0. The zero-order valence-electron chi connectivity index (χ0n) is 31.8. The van der Waals surface area contributed by atoms with Gasteiger partial charge in [0.25, 0.3) is 5.56 Å². The van der Waals surface area contributed by atoms with Crippen LogP contribution in [0.15, 0.2) is 99.5 Å². The molecule has 13 heteroatoms. The van der Waals surface area contributed by atoms with E-state index in [1.54, 1.807) is 19.2 Å². The van der Waals surface area contributed by atoms with Gasteiger partial charge in [0.05, 0.1) is 18.7 Å². The predicted molar refractivity (Wildman–Crippen MR) is 211 cm³/mol. The maximum atomic E-state index is 13.6. The molecule has 0 spiro atoms. The second-order valence-electron chi connectivity index (χ2n) is 12.0. The van der Waals surface area contributed by atoms with E-state index in [1.165, 1.54) is 50.0 Å². The lowest BCUT2D eigenvalue weighted by molar-refractivity contribution is -0.137. The number of allylic oxidation sites excluding steroid dienone is 1. The molecule has 54 heavy (non-hydrogen) atoms. The Morgan fingerprint density at radius 1 is 0.981 bits per heavy atom. The molecule has 0 fully saturated rings. The number of thioether (sulfide) groups is 1. The summed E-state index contributed by atoms with van der Waals surface area (Å²) in [6, 6.07) is 18.9. The van der Waals surface area contributed by atoms with E-state index in [0.29, 0.717) is 53.8 Å². The van der Waals surface area contributed by atoms with Gasteiger partial charge in [0, 0.05) is 43.2 Å². The van der Waals surface area contributed by atoms with Crippen molar-refractivity contribution in [1.82, 2.24) is 19.8 Å². The molecule has 0 bridgehead atoms. The van der Waals surface area contributed by atoms with Crippen LogP contribution in [0.25, 0.3) is 11.1 Å². The van der Waals surface area contributed by atoms with Gasteiger partial charge >= 0.3 is 6.18 Å². The molecule has 4 aromatic rings. The van der Waals surface area contributed by atoms with E-state index in [2.05, 4.69) is 25.5 Å². The summed E-state index contributed by atoms with van der Waals surface area (Å²) < 4.78 is 54.9. The van der Waals surface area contributed by atoms with E-state index in [9.17, 15) is 27.2 Å². The van der Waals surface area contributed by atoms with Crippen molar-refractivity contribution in [2.24, 2.45) is 10.7 Å². The van der Waals surface area contributed by atoms with Crippen molar-refractivity contribution in [3.8, 4) is 11.1 Å². The molecule has 8 nitrogen and oxygen atoms in total. The van der Waals surface area contributed by atoms with Gasteiger partial charge in [-0.05, 0) is 79.3 Å². The molecular formula is C41H50F4N6O2S. The third-order valence-electron chi connectivity index (χ3n) is 8.50. The van der Waals surface area contributed by atoms with Gasteiger partial charge in [-0.3, -0.25) is 14.6 Å². The topological polar surface area (TPSA) is 106 Å². The highest BCUT2D eigenvalue weighted by molar-refractivity contribution is 7.98. The normalized spacial score (nSPS) is 12.6. The van der Waals surface area contributed by atoms with Gasteiger partial charge in [-0.2, -0.15) is 18.2 Å². The number of amides is 1. The Kier molecular flexibility index (Phi) is 17.2. The highest BCUT2D eigenvalue weighted by Crippen LogP contribution is 2.32. The molecule has 3 aromatic carbocycles. The number of nitrogens with two attached hydrogens (primary N) is 1. The van der Waals surface area contributed by atoms with Gasteiger partial charge in [0.15, 0.2) is 5.16 Å². The standard InChI is InChI=1S/C38H39F4N5O2S.C2H6.CH5N/c1-4-6-32(21-44-25(2)48)46(22-26-9-13-28(14-10-26)29-15-17-30(18-16-29)38(40,41)42)35(43-3)23-47-34-8-5-7-33(34)36(49)45-37(47)50-24-27-11-19-31(39)20-12-27;2*1-2/h6,9-20H,4-5,7-8,21-24H2,1-3H3,(H,44,48);1-2H3;2H2,1H3/b32-6+,43-35?;;. The summed E-state index contributed by atoms with van der Waals surface area (Å²) in [5, 5.41) is 3.46. The van der Waals surface area contributed by atoms with E-state index in [-0.39, 0.29) is 23.8 Å². The number of fused-ring (bicyclic) bond motifs is 1. The Bertz CT molecular complexity index is 1920. The highest BCUT2D eigenvalue weighted by Gasteiger charge is 2.30. The van der Waals surface area contributed by atoms with E-state index < -0.39 is 11.7 Å². The number of hydrogen-bond acceptors (Lipinski definition) is 6. The fourth-order valence-corrected chi connectivity index (χ4v) is 6.90. The van der Waals surface area contributed by atoms with Gasteiger partial charge in [0.1, 0.15) is 11.7 Å². The summed E-state index contributed by atoms with van der Waals surface area (Å²) in [4.78, 5) is 36.4. The molecule has 290 valence electrons. The Hall–Kier alpha value is -4.75. The highest BCUT2D eigenvalue weighted by atomic mass is 32.2. The summed E-state index contributed by atoms with van der Waals surface area (Å²) in [6.45, 7) is 8.43. The maximum Gasteiger partial charge on any atom is 0.416 e. The lowest BCUT2D eigenvalue weighted by Crippen LogP contribution is -2.39. The third-order valence-corrected chi connectivity index (χ3v) is 9.54. The zero-order chi connectivity index (χ0) is 39.8. The number of halogens is 4. The second kappa shape index (κ2) is 21.2. The number of aromatic nitrogens is 2. The van der Waals surface area contributed by atoms with Crippen LogP contribution in [0.4, 0.5) is 17.6 Å². The molecule has 1 amide bonds. The molecule has 0 aliphatic heterocycles. The molecular weight excluding hydrogens is 717 g/mol. The predicted octanol–water partition coefficient (Wildman–Crippen LogP) is 8.41. The van der Waals surface area contributed by atoms with Crippen LogP contribution in [0, 0.1) is 5.82 Å². The molecule has 0 radical (unpaired) electrons. The number of carbonyl (C=O) groups excluding carboxylic acids is 1. The minimum absolute atomic E-state index is 0.176. The number of alkyl halides is 3. The van der Waals surface area contributed by atoms with Gasteiger partial charge in [-0.1, -0.05) is 87.1 Å². The first-order chi connectivity index (χ1) is 26.0. The van der Waals surface area contributed by atoms with Crippen LogP contribution in [-0.2, 0) is 42.7 Å². The molecule has 1 aromatic heterocycles. The summed E-state index contributed by atoms with van der Waals surface area (Å²) in [7, 11) is 3.21. The quantitative estimate of drug-likeness (QED) is 0.0494. The van der Waals surface area contributed by atoms with Crippen molar-refractivity contribution in [2.75, 3.05) is 20.6 Å². The number of aliphatic imine (C=N–C) groups is 1. The zero-order valence-corrected chi connectivity index (χ0v) is 32.6. The van der Waals surface area contributed by atoms with Crippen molar-refractivity contribution in [3.63, 3.8) is 0 Å². The number of nitrogens with zero attached hydrogens (tertiary/aromatic N) is 4. The number of carbonyl (C=O) groups is 1. The largest absolute Gasteiger partial charge is 0.416 e. The Balaban J connectivity index is 0.00000190. The van der Waals surface area contributed by atoms with Crippen LogP contribution in [0.5, 0.6) is 0 Å². The number of hydrogen-bond donors (Lipinski definition) is 2. The number of nitrogens with one attached hydrogen (secondary N) is 1. The van der Waals surface area contributed by atoms with Crippen molar-refractivity contribution in [3.05, 3.63) is 129 Å². The van der Waals surface area contributed by atoms with Crippen LogP contribution in [-0.4, -0.2) is 46.8 Å². The van der Waals surface area contributed by atoms with Gasteiger partial charge in [-0.25, -0.2) is 4.39 Å². The molecule has 5 rings (SSSR count). The van der Waals surface area contributed by atoms with E-state index in [0.717, 1.165) is 53.1 Å². The van der Waals surface area contributed by atoms with Crippen molar-refractivity contribution in [2.45, 2.75) is 83.6 Å². The number of benzene rings is 3. The van der Waals surface area contributed by atoms with Gasteiger partial charge in [0.2, 0.25) is 5.91 Å². The summed E-state index contributed by atoms with van der Waals surface area (Å²) in [5.74, 6) is 0.678. The van der Waals surface area contributed by atoms with E-state index in [4.69, 9.17) is 4.99 Å². The number of amidine groups is 1. The molecule has 0 saturated carbocycles. The van der Waals surface area contributed by atoms with Gasteiger partial charge < -0.3 is 20.5 Å². The van der Waals surface area contributed by atoms with Crippen LogP contribution in [0.3, 0.4) is 0 Å². The maximum absolute atomic E-state index is 13.6. The van der Waals surface area contributed by atoms with E-state index >= 15 is 0 Å². The average Bonchev–Trinajstić information content (AvgIpc) is 3.68. The smallest absolute Gasteiger partial charge is 0.351 e. The first-order valence-electron chi connectivity index (χ1n) is 18.0. The molecule has 0 saturated heterocycles. The SMILES string of the molecule is CC.CC/C=C(\CNC(C)=O)N(Cc1ccc(-c2ccc(C(F)(F)F)cc2)cc1)C(Cn1c(SCc2ccc(F)cc2)nc(=O)c2c1CCC2)=NC.CN. The van der Waals surface area contributed by atoms with Crippen LogP contribution in [0.2, 0.25) is 0 Å². The lowest BCUT2D eigenvalue weighted by atomic mass is 10.0. The Morgan fingerprint density at radius 3 is 2.13 bits per heavy atom. The van der Waals surface area contributed by atoms with Crippen LogP contribution < -0.4 is 16.6 Å². The van der Waals surface area contributed by atoms with Crippen molar-refractivity contribution >= 4 is 23.5 Å². The van der Waals surface area contributed by atoms with Crippen molar-refractivity contribution in [1.29, 1.82) is 0 Å². The second-order valence-corrected chi connectivity index (χ2v) is 12.9. The number of rotatable bonds is 12. The van der Waals surface area contributed by atoms with E-state index in [1.807, 2.05) is 51.1 Å². The lowest BCUT2D eigenvalue weighted by Gasteiger charge is -2.31. The minimum atomic E-state index is -4.40. The molecule has 1 aliphatic rings. The summed E-state index contributed by atoms with van der Waals surface area (Å²) >= 11 is 1.41. The van der Waals surface area contributed by atoms with Crippen molar-refractivity contribution < 1.29 is 22.4 Å².